The summed E-state index contributed by atoms with van der Waals surface area (Å²) in [5, 5.41) is 8.69. The summed E-state index contributed by atoms with van der Waals surface area (Å²) in [6.07, 6.45) is 0.0409. The van der Waals surface area contributed by atoms with E-state index < -0.39 is 18.3 Å². The number of rotatable bonds is 2. The smallest absolute Gasteiger partial charge is 0.399 e. The zero-order valence-corrected chi connectivity index (χ0v) is 13.7. The van der Waals surface area contributed by atoms with E-state index in [0.29, 0.717) is 5.56 Å². The lowest BCUT2D eigenvalue weighted by Crippen LogP contribution is -2.41. The Morgan fingerprint density at radius 1 is 1.14 bits per heavy atom. The maximum atomic E-state index is 13.5. The number of hydrogen-bond acceptors (Lipinski definition) is 3. The summed E-state index contributed by atoms with van der Waals surface area (Å²) in [4.78, 5) is 0. The maximum absolute atomic E-state index is 13.5. The molecule has 0 bridgehead atoms. The number of nitriles is 1. The molecule has 0 unspecified atom stereocenters. The van der Waals surface area contributed by atoms with E-state index in [2.05, 4.69) is 0 Å². The van der Waals surface area contributed by atoms with Gasteiger partial charge in [-0.05, 0) is 39.2 Å². The summed E-state index contributed by atoms with van der Waals surface area (Å²) < 4.78 is 25.3. The molecule has 0 spiro atoms. The molecule has 3 nitrogen and oxygen atoms in total. The standard InChI is InChI=1S/C14H17BFNO2.C2H6/c1-13(2)14(3,4)19-15(18-13)11-5-6-12(16)10(9-11)7-8-17;1-2/h5-6,9H,7H2,1-4H3;1-2H3. The van der Waals surface area contributed by atoms with Gasteiger partial charge < -0.3 is 9.31 Å². The van der Waals surface area contributed by atoms with Crippen molar-refractivity contribution in [3.63, 3.8) is 0 Å². The molecule has 0 N–H and O–H groups in total. The Balaban J connectivity index is 0.00000106. The molecule has 0 amide bonds. The van der Waals surface area contributed by atoms with Crippen molar-refractivity contribution in [1.82, 2.24) is 0 Å². The lowest BCUT2D eigenvalue weighted by Gasteiger charge is -2.32. The Labute approximate surface area is 127 Å². The van der Waals surface area contributed by atoms with Gasteiger partial charge in [-0.3, -0.25) is 0 Å². The van der Waals surface area contributed by atoms with Crippen LogP contribution in [0.4, 0.5) is 4.39 Å². The molecule has 0 saturated carbocycles. The lowest BCUT2D eigenvalue weighted by molar-refractivity contribution is 0.00578. The fourth-order valence-corrected chi connectivity index (χ4v) is 1.94. The van der Waals surface area contributed by atoms with Crippen molar-refractivity contribution in [2.45, 2.75) is 59.2 Å². The molecule has 5 heteroatoms. The highest BCUT2D eigenvalue weighted by molar-refractivity contribution is 6.62. The van der Waals surface area contributed by atoms with Gasteiger partial charge >= 0.3 is 7.12 Å². The topological polar surface area (TPSA) is 42.2 Å². The highest BCUT2D eigenvalue weighted by Gasteiger charge is 2.51. The zero-order chi connectivity index (χ0) is 16.3. The van der Waals surface area contributed by atoms with E-state index in [4.69, 9.17) is 14.6 Å². The van der Waals surface area contributed by atoms with Gasteiger partial charge in [-0.25, -0.2) is 4.39 Å². The minimum Gasteiger partial charge on any atom is -0.399 e. The molecular weight excluding hydrogens is 268 g/mol. The predicted molar refractivity (Wildman–Crippen MR) is 82.8 cm³/mol. The first-order chi connectivity index (χ1) is 9.77. The van der Waals surface area contributed by atoms with Gasteiger partial charge in [0.05, 0.1) is 23.7 Å². The van der Waals surface area contributed by atoms with Gasteiger partial charge in [0, 0.05) is 5.56 Å². The first-order valence-electron chi connectivity index (χ1n) is 7.28. The van der Waals surface area contributed by atoms with E-state index in [1.165, 1.54) is 6.07 Å². The second-order valence-electron chi connectivity index (χ2n) is 5.77. The Bertz CT molecular complexity index is 522. The van der Waals surface area contributed by atoms with Crippen LogP contribution in [-0.4, -0.2) is 18.3 Å². The van der Waals surface area contributed by atoms with Crippen LogP contribution in [0.2, 0.25) is 0 Å². The second-order valence-corrected chi connectivity index (χ2v) is 5.77. The Hall–Kier alpha value is -1.38. The van der Waals surface area contributed by atoms with Crippen LogP contribution in [0.1, 0.15) is 47.1 Å². The van der Waals surface area contributed by atoms with Crippen molar-refractivity contribution in [2.24, 2.45) is 0 Å². The fourth-order valence-electron chi connectivity index (χ4n) is 1.94. The van der Waals surface area contributed by atoms with Crippen LogP contribution in [-0.2, 0) is 15.7 Å². The van der Waals surface area contributed by atoms with Gasteiger partial charge in [0.2, 0.25) is 0 Å². The molecule has 0 radical (unpaired) electrons. The molecule has 1 aliphatic rings. The predicted octanol–water partition coefficient (Wildman–Crippen LogP) is 3.22. The van der Waals surface area contributed by atoms with E-state index >= 15 is 0 Å². The van der Waals surface area contributed by atoms with Crippen LogP contribution in [0.5, 0.6) is 0 Å². The average molecular weight is 291 g/mol. The van der Waals surface area contributed by atoms with Crippen molar-refractivity contribution in [3.8, 4) is 6.07 Å². The van der Waals surface area contributed by atoms with Crippen LogP contribution < -0.4 is 5.46 Å². The first kappa shape index (κ1) is 17.7. The van der Waals surface area contributed by atoms with E-state index in [1.54, 1.807) is 12.1 Å². The summed E-state index contributed by atoms with van der Waals surface area (Å²) in [5.41, 5.74) is 0.253. The number of nitrogens with zero attached hydrogens (tertiary/aromatic N) is 1. The van der Waals surface area contributed by atoms with Crippen molar-refractivity contribution in [3.05, 3.63) is 29.6 Å². The molecule has 1 saturated heterocycles. The van der Waals surface area contributed by atoms with Gasteiger partial charge in [0.1, 0.15) is 5.82 Å². The first-order valence-corrected chi connectivity index (χ1v) is 7.28. The lowest BCUT2D eigenvalue weighted by atomic mass is 9.78. The van der Waals surface area contributed by atoms with Crippen molar-refractivity contribution >= 4 is 12.6 Å². The van der Waals surface area contributed by atoms with Crippen molar-refractivity contribution in [1.29, 1.82) is 5.26 Å². The molecule has 1 aromatic carbocycles. The normalized spacial score (nSPS) is 18.7. The third kappa shape index (κ3) is 3.64. The van der Waals surface area contributed by atoms with Gasteiger partial charge in [0.15, 0.2) is 0 Å². The van der Waals surface area contributed by atoms with Gasteiger partial charge in [-0.1, -0.05) is 26.0 Å². The van der Waals surface area contributed by atoms with E-state index in [0.717, 1.165) is 5.46 Å². The third-order valence-electron chi connectivity index (χ3n) is 3.86. The minimum atomic E-state index is -0.525. The molecule has 0 aromatic heterocycles. The molecule has 1 fully saturated rings. The SMILES string of the molecule is CC.CC1(C)OB(c2ccc(F)c(CC#N)c2)OC1(C)C. The fraction of sp³-hybridized carbons (Fsp3) is 0.562. The van der Waals surface area contributed by atoms with Crippen molar-refractivity contribution < 1.29 is 13.7 Å². The maximum Gasteiger partial charge on any atom is 0.494 e. The summed E-state index contributed by atoms with van der Waals surface area (Å²) in [6.45, 7) is 11.9. The summed E-state index contributed by atoms with van der Waals surface area (Å²) in [6, 6.07) is 6.58. The summed E-state index contributed by atoms with van der Waals surface area (Å²) in [5.74, 6) is -0.373. The van der Waals surface area contributed by atoms with Crippen LogP contribution in [0.15, 0.2) is 18.2 Å². The molecule has 1 heterocycles. The molecule has 2 rings (SSSR count). The molecule has 0 atom stereocenters. The van der Waals surface area contributed by atoms with Crippen molar-refractivity contribution in [2.75, 3.05) is 0 Å². The quantitative estimate of drug-likeness (QED) is 0.786. The van der Waals surface area contributed by atoms with Crippen LogP contribution >= 0.6 is 0 Å². The van der Waals surface area contributed by atoms with E-state index in [9.17, 15) is 4.39 Å². The molecule has 21 heavy (non-hydrogen) atoms. The molecular formula is C16H23BFNO2. The Morgan fingerprint density at radius 2 is 1.67 bits per heavy atom. The highest BCUT2D eigenvalue weighted by Crippen LogP contribution is 2.36. The largest absolute Gasteiger partial charge is 0.494 e. The Morgan fingerprint density at radius 3 is 2.14 bits per heavy atom. The Kier molecular flexibility index (Phi) is 5.55. The molecule has 0 aliphatic carbocycles. The van der Waals surface area contributed by atoms with Gasteiger partial charge in [-0.15, -0.1) is 0 Å². The highest BCUT2D eigenvalue weighted by atomic mass is 19.1. The summed E-state index contributed by atoms with van der Waals surface area (Å²) >= 11 is 0. The number of halogens is 1. The van der Waals surface area contributed by atoms with Crippen LogP contribution in [0.3, 0.4) is 0 Å². The van der Waals surface area contributed by atoms with Gasteiger partial charge in [0.25, 0.3) is 0 Å². The molecule has 114 valence electrons. The summed E-state index contributed by atoms with van der Waals surface area (Å²) in [7, 11) is -0.525. The van der Waals surface area contributed by atoms with E-state index in [1.807, 2.05) is 47.6 Å². The van der Waals surface area contributed by atoms with Crippen LogP contribution in [0, 0.1) is 17.1 Å². The average Bonchev–Trinajstić information content (AvgIpc) is 2.64. The van der Waals surface area contributed by atoms with Gasteiger partial charge in [-0.2, -0.15) is 5.26 Å². The molecule has 1 aliphatic heterocycles. The molecule has 1 aromatic rings. The number of benzene rings is 1. The minimum absolute atomic E-state index is 0.0409. The second kappa shape index (κ2) is 6.59. The van der Waals surface area contributed by atoms with Crippen LogP contribution in [0.25, 0.3) is 0 Å². The zero-order valence-electron chi connectivity index (χ0n) is 13.7. The van der Waals surface area contributed by atoms with E-state index in [-0.39, 0.29) is 12.2 Å². The monoisotopic (exact) mass is 291 g/mol. The number of hydrogen-bond donors (Lipinski definition) is 0. The third-order valence-corrected chi connectivity index (χ3v) is 3.86.